The van der Waals surface area contributed by atoms with Gasteiger partial charge in [-0.25, -0.2) is 0 Å². The van der Waals surface area contributed by atoms with Crippen LogP contribution in [0.4, 0.5) is 0 Å². The molecule has 1 heterocycles. The molecule has 2 aromatic rings. The summed E-state index contributed by atoms with van der Waals surface area (Å²) in [6.45, 7) is 2.05. The molecule has 0 fully saturated rings. The SMILES string of the molecule is CC=CCC=CCC=CCC=CCC=CCC=CCC=CCC=Cc1cc(=O)c2ccccc2[nH]1. The molecule has 0 unspecified atom stereocenters. The van der Waals surface area contributed by atoms with Gasteiger partial charge in [-0.3, -0.25) is 4.79 Å². The molecule has 182 valence electrons. The first-order valence-corrected chi connectivity index (χ1v) is 12.6. The van der Waals surface area contributed by atoms with E-state index < -0.39 is 0 Å². The summed E-state index contributed by atoms with van der Waals surface area (Å²) in [4.78, 5) is 15.4. The second-order valence-corrected chi connectivity index (χ2v) is 8.08. The number of aromatic nitrogens is 1. The largest absolute Gasteiger partial charge is 0.355 e. The third-order valence-electron chi connectivity index (χ3n) is 5.20. The highest BCUT2D eigenvalue weighted by atomic mass is 16.1. The van der Waals surface area contributed by atoms with Crippen molar-refractivity contribution in [1.29, 1.82) is 0 Å². The van der Waals surface area contributed by atoms with Gasteiger partial charge in [-0.15, -0.1) is 0 Å². The number of allylic oxidation sites excluding steroid dienone is 15. The van der Waals surface area contributed by atoms with Gasteiger partial charge in [0.15, 0.2) is 5.43 Å². The Morgan fingerprint density at radius 3 is 1.51 bits per heavy atom. The van der Waals surface area contributed by atoms with Crippen molar-refractivity contribution in [2.45, 2.75) is 51.9 Å². The fourth-order valence-corrected chi connectivity index (χ4v) is 3.34. The first-order valence-electron chi connectivity index (χ1n) is 12.6. The van der Waals surface area contributed by atoms with Crippen molar-refractivity contribution >= 4 is 17.0 Å². The van der Waals surface area contributed by atoms with E-state index in [1.807, 2.05) is 37.3 Å². The molecule has 0 spiro atoms. The quantitative estimate of drug-likeness (QED) is 0.261. The van der Waals surface area contributed by atoms with Gasteiger partial charge in [0, 0.05) is 22.7 Å². The average molecular weight is 466 g/mol. The highest BCUT2D eigenvalue weighted by Gasteiger charge is 1.98. The molecule has 1 N–H and O–H groups in total. The summed E-state index contributed by atoms with van der Waals surface area (Å²) < 4.78 is 0. The minimum atomic E-state index is 0.0527. The first-order chi connectivity index (χ1) is 17.3. The fraction of sp³-hybridized carbons (Fsp3) is 0.242. The minimum Gasteiger partial charge on any atom is -0.355 e. The molecule has 2 rings (SSSR count). The van der Waals surface area contributed by atoms with Crippen LogP contribution in [0.1, 0.15) is 57.6 Å². The topological polar surface area (TPSA) is 32.9 Å². The number of para-hydroxylation sites is 1. The number of aromatic amines is 1. The number of fused-ring (bicyclic) bond motifs is 1. The first kappa shape index (κ1) is 27.6. The van der Waals surface area contributed by atoms with Crippen LogP contribution in [0.25, 0.3) is 17.0 Å². The summed E-state index contributed by atoms with van der Waals surface area (Å²) in [5.74, 6) is 0. The lowest BCUT2D eigenvalue weighted by atomic mass is 10.2. The Balaban J connectivity index is 1.52. The zero-order chi connectivity index (χ0) is 24.8. The van der Waals surface area contributed by atoms with Gasteiger partial charge in [0.05, 0.1) is 0 Å². The number of benzene rings is 1. The van der Waals surface area contributed by atoms with E-state index in [1.54, 1.807) is 6.07 Å². The van der Waals surface area contributed by atoms with Crippen molar-refractivity contribution < 1.29 is 0 Å². The second-order valence-electron chi connectivity index (χ2n) is 8.08. The molecular formula is C33H39NO. The van der Waals surface area contributed by atoms with Crippen LogP contribution in [0.15, 0.2) is 126 Å². The summed E-state index contributed by atoms with van der Waals surface area (Å²) in [6.07, 6.45) is 41.5. The van der Waals surface area contributed by atoms with Crippen molar-refractivity contribution in [2.75, 3.05) is 0 Å². The van der Waals surface area contributed by atoms with Crippen molar-refractivity contribution in [2.24, 2.45) is 0 Å². The van der Waals surface area contributed by atoms with Crippen molar-refractivity contribution in [3.63, 3.8) is 0 Å². The van der Waals surface area contributed by atoms with Crippen molar-refractivity contribution in [3.05, 3.63) is 137 Å². The van der Waals surface area contributed by atoms with E-state index in [4.69, 9.17) is 0 Å². The van der Waals surface area contributed by atoms with Crippen LogP contribution in [-0.2, 0) is 0 Å². The monoisotopic (exact) mass is 465 g/mol. The molecule has 0 amide bonds. The smallest absolute Gasteiger partial charge is 0.189 e. The van der Waals surface area contributed by atoms with E-state index in [2.05, 4.69) is 96.1 Å². The number of pyridine rings is 1. The van der Waals surface area contributed by atoms with E-state index in [0.717, 1.165) is 61.5 Å². The van der Waals surface area contributed by atoms with Gasteiger partial charge in [-0.2, -0.15) is 0 Å². The Morgan fingerprint density at radius 1 is 0.600 bits per heavy atom. The molecule has 0 aliphatic heterocycles. The summed E-state index contributed by atoms with van der Waals surface area (Å²) in [6, 6.07) is 9.25. The predicted molar refractivity (Wildman–Crippen MR) is 156 cm³/mol. The predicted octanol–water partition coefficient (Wildman–Crippen LogP) is 9.19. The zero-order valence-electron chi connectivity index (χ0n) is 21.0. The maximum absolute atomic E-state index is 12.1. The summed E-state index contributed by atoms with van der Waals surface area (Å²) >= 11 is 0. The Labute approximate surface area is 211 Å². The minimum absolute atomic E-state index is 0.0527. The number of nitrogens with one attached hydrogen (secondary N) is 1. The number of rotatable bonds is 15. The molecule has 1 aromatic heterocycles. The van der Waals surface area contributed by atoms with Crippen molar-refractivity contribution in [3.8, 4) is 0 Å². The summed E-state index contributed by atoms with van der Waals surface area (Å²) in [5, 5.41) is 0.727. The lowest BCUT2D eigenvalue weighted by molar-refractivity contribution is 1.24. The average Bonchev–Trinajstić information content (AvgIpc) is 2.87. The van der Waals surface area contributed by atoms with E-state index >= 15 is 0 Å². The van der Waals surface area contributed by atoms with Crippen LogP contribution in [0.2, 0.25) is 0 Å². The second kappa shape index (κ2) is 18.7. The van der Waals surface area contributed by atoms with E-state index in [1.165, 1.54) is 0 Å². The van der Waals surface area contributed by atoms with Crippen LogP contribution in [0, 0.1) is 0 Å². The molecule has 0 radical (unpaired) electrons. The number of H-pyrrole nitrogens is 1. The van der Waals surface area contributed by atoms with Gasteiger partial charge < -0.3 is 4.98 Å². The van der Waals surface area contributed by atoms with Crippen LogP contribution in [0.5, 0.6) is 0 Å². The standard InChI is InChI=1S/C33H39NO/c1-2-3-4-5-6-7-8-9-10-11-12-13-14-15-16-17-18-19-20-21-22-23-26-30-29-33(35)31-27-24-25-28-32(31)34-30/h2-3,5-6,8-9,11-12,14-15,17-18,20-21,23-29H,4,7,10,13,16,19,22H2,1H3,(H,34,35). The third-order valence-corrected chi connectivity index (χ3v) is 5.20. The molecule has 2 heteroatoms. The fourth-order valence-electron chi connectivity index (χ4n) is 3.34. The maximum atomic E-state index is 12.1. The molecule has 0 aliphatic carbocycles. The highest BCUT2D eigenvalue weighted by Crippen LogP contribution is 2.08. The van der Waals surface area contributed by atoms with E-state index in [-0.39, 0.29) is 5.43 Å². The molecule has 1 aromatic carbocycles. The molecule has 0 saturated carbocycles. The molecule has 0 atom stereocenters. The molecule has 0 saturated heterocycles. The zero-order valence-corrected chi connectivity index (χ0v) is 21.0. The Hall–Kier alpha value is -3.65. The van der Waals surface area contributed by atoms with E-state index in [0.29, 0.717) is 0 Å². The normalized spacial score (nSPS) is 13.3. The van der Waals surface area contributed by atoms with Crippen LogP contribution in [-0.4, -0.2) is 4.98 Å². The van der Waals surface area contributed by atoms with Gasteiger partial charge in [-0.1, -0.05) is 103 Å². The van der Waals surface area contributed by atoms with Crippen LogP contribution >= 0.6 is 0 Å². The van der Waals surface area contributed by atoms with Gasteiger partial charge in [-0.05, 0) is 70.1 Å². The Morgan fingerprint density at radius 2 is 1.03 bits per heavy atom. The third kappa shape index (κ3) is 13.0. The maximum Gasteiger partial charge on any atom is 0.189 e. The van der Waals surface area contributed by atoms with Crippen LogP contribution in [0.3, 0.4) is 0 Å². The van der Waals surface area contributed by atoms with E-state index in [9.17, 15) is 4.79 Å². The lowest BCUT2D eigenvalue weighted by Crippen LogP contribution is -2.02. The van der Waals surface area contributed by atoms with Crippen molar-refractivity contribution in [1.82, 2.24) is 4.98 Å². The molecule has 0 bridgehead atoms. The molecule has 0 aliphatic rings. The summed E-state index contributed by atoms with van der Waals surface area (Å²) in [7, 11) is 0. The Kier molecular flexibility index (Phi) is 14.8. The summed E-state index contributed by atoms with van der Waals surface area (Å²) in [5.41, 5.74) is 1.76. The number of hydrogen-bond acceptors (Lipinski definition) is 1. The Bertz CT molecular complexity index is 1150. The van der Waals surface area contributed by atoms with Gasteiger partial charge in [0.2, 0.25) is 0 Å². The molecule has 2 nitrogen and oxygen atoms in total. The molecular weight excluding hydrogens is 426 g/mol. The van der Waals surface area contributed by atoms with Gasteiger partial charge in [0.25, 0.3) is 0 Å². The van der Waals surface area contributed by atoms with Crippen LogP contribution < -0.4 is 5.43 Å². The van der Waals surface area contributed by atoms with Gasteiger partial charge >= 0.3 is 0 Å². The number of hydrogen-bond donors (Lipinski definition) is 1. The lowest BCUT2D eigenvalue weighted by Gasteiger charge is -1.99. The van der Waals surface area contributed by atoms with Gasteiger partial charge in [0.1, 0.15) is 0 Å². The molecule has 35 heavy (non-hydrogen) atoms. The highest BCUT2D eigenvalue weighted by molar-refractivity contribution is 5.79.